The number of alkyl carbamates (subject to hydrolysis) is 2. The third kappa shape index (κ3) is 11.7. The molecule has 2 saturated carbocycles. The van der Waals surface area contributed by atoms with Crippen LogP contribution in [0, 0.1) is 11.8 Å². The Hall–Kier alpha value is -3.64. The molecule has 2 aliphatic heterocycles. The first-order valence-corrected chi connectivity index (χ1v) is 21.2. The van der Waals surface area contributed by atoms with Gasteiger partial charge < -0.3 is 20.1 Å². The minimum Gasteiger partial charge on any atom is -0.444 e. The Morgan fingerprint density at radius 2 is 1.00 bits per heavy atom. The van der Waals surface area contributed by atoms with E-state index in [0.717, 1.165) is 75.3 Å². The Kier molecular flexibility index (Phi) is 14.9. The molecule has 0 bridgehead atoms. The largest absolute Gasteiger partial charge is 0.444 e. The van der Waals surface area contributed by atoms with E-state index < -0.39 is 46.2 Å². The third-order valence-electron chi connectivity index (χ3n) is 10.8. The van der Waals surface area contributed by atoms with E-state index >= 15 is 0 Å². The maximum Gasteiger partial charge on any atom is 0.407 e. The van der Waals surface area contributed by atoms with E-state index in [2.05, 4.69) is 20.6 Å². The third-order valence-corrected chi connectivity index (χ3v) is 11.7. The van der Waals surface area contributed by atoms with Crippen molar-refractivity contribution in [2.75, 3.05) is 22.9 Å². The first kappa shape index (κ1) is 43.5. The SMILES string of the molecule is CC(C)(C)OC(=O)N[C@@H](C1CCCCC1)[C@@H](Cl)C(=O)N1CCc2cccnc21.CC(C)(C)OC(=O)N[C@@H](C1CCCCC1)[C@@H](Cl)C(=O)N1CCc2cccnc21. The van der Waals surface area contributed by atoms with Gasteiger partial charge in [-0.25, -0.2) is 19.6 Å². The summed E-state index contributed by atoms with van der Waals surface area (Å²) >= 11 is 13.4. The highest BCUT2D eigenvalue weighted by molar-refractivity contribution is 6.34. The van der Waals surface area contributed by atoms with Gasteiger partial charge in [0, 0.05) is 25.5 Å². The zero-order valence-electron chi connectivity index (χ0n) is 33.8. The second-order valence-corrected chi connectivity index (χ2v) is 18.3. The molecule has 2 aliphatic carbocycles. The summed E-state index contributed by atoms with van der Waals surface area (Å²) in [5.41, 5.74) is 0.887. The van der Waals surface area contributed by atoms with Gasteiger partial charge in [-0.15, -0.1) is 23.2 Å². The van der Waals surface area contributed by atoms with Crippen molar-refractivity contribution < 1.29 is 28.7 Å². The number of nitrogens with one attached hydrogen (secondary N) is 2. The minimum atomic E-state index is -0.858. The number of carbonyl (C=O) groups excluding carboxylic acids is 4. The number of rotatable bonds is 8. The number of aromatic nitrogens is 2. The molecule has 2 fully saturated rings. The smallest absolute Gasteiger partial charge is 0.407 e. The van der Waals surface area contributed by atoms with Crippen LogP contribution in [0.5, 0.6) is 0 Å². The number of amides is 4. The highest BCUT2D eigenvalue weighted by Gasteiger charge is 2.41. The van der Waals surface area contributed by atoms with Gasteiger partial charge in [-0.3, -0.25) is 19.4 Å². The molecule has 2 aromatic rings. The van der Waals surface area contributed by atoms with Crippen molar-refractivity contribution in [3.8, 4) is 0 Å². The molecule has 12 nitrogen and oxygen atoms in total. The van der Waals surface area contributed by atoms with E-state index in [1.54, 1.807) is 22.2 Å². The van der Waals surface area contributed by atoms with E-state index in [0.29, 0.717) is 24.7 Å². The first-order valence-electron chi connectivity index (χ1n) is 20.3. The second kappa shape index (κ2) is 19.2. The number of nitrogens with zero attached hydrogens (tertiary/aromatic N) is 4. The number of pyridine rings is 2. The van der Waals surface area contributed by atoms with Crippen LogP contribution in [0.15, 0.2) is 36.7 Å². The van der Waals surface area contributed by atoms with Gasteiger partial charge in [-0.05, 0) is 115 Å². The van der Waals surface area contributed by atoms with Gasteiger partial charge in [0.2, 0.25) is 11.8 Å². The zero-order chi connectivity index (χ0) is 40.6. The van der Waals surface area contributed by atoms with Crippen molar-refractivity contribution in [3.05, 3.63) is 47.8 Å². The maximum absolute atomic E-state index is 13.2. The second-order valence-electron chi connectivity index (χ2n) is 17.4. The Bertz CT molecular complexity index is 1550. The molecule has 4 atom stereocenters. The molecule has 2 N–H and O–H groups in total. The van der Waals surface area contributed by atoms with Gasteiger partial charge in [-0.2, -0.15) is 0 Å². The number of alkyl halides is 2. The number of hydrogen-bond acceptors (Lipinski definition) is 8. The van der Waals surface area contributed by atoms with Crippen molar-refractivity contribution in [1.82, 2.24) is 20.6 Å². The van der Waals surface area contributed by atoms with E-state index in [1.165, 1.54) is 12.8 Å². The lowest BCUT2D eigenvalue weighted by Crippen LogP contribution is -2.53. The van der Waals surface area contributed by atoms with Crippen LogP contribution in [0.3, 0.4) is 0 Å². The van der Waals surface area contributed by atoms with E-state index in [9.17, 15) is 19.2 Å². The van der Waals surface area contributed by atoms with E-state index in [4.69, 9.17) is 32.7 Å². The Morgan fingerprint density at radius 1 is 0.643 bits per heavy atom. The summed E-state index contributed by atoms with van der Waals surface area (Å²) in [6, 6.07) is 6.79. The van der Waals surface area contributed by atoms with Crippen LogP contribution >= 0.6 is 23.2 Å². The summed E-state index contributed by atoms with van der Waals surface area (Å²) in [7, 11) is 0. The molecular formula is C42H60Cl2N6O6. The van der Waals surface area contributed by atoms with Crippen molar-refractivity contribution in [1.29, 1.82) is 0 Å². The van der Waals surface area contributed by atoms with Gasteiger partial charge >= 0.3 is 12.2 Å². The summed E-state index contributed by atoms with van der Waals surface area (Å²) in [6.07, 6.45) is 14.4. The topological polar surface area (TPSA) is 143 Å². The summed E-state index contributed by atoms with van der Waals surface area (Å²) in [5.74, 6) is 1.28. The highest BCUT2D eigenvalue weighted by Crippen LogP contribution is 2.34. The summed E-state index contributed by atoms with van der Waals surface area (Å²) in [6.45, 7) is 12.0. The van der Waals surface area contributed by atoms with Gasteiger partial charge in [-0.1, -0.05) is 50.7 Å². The lowest BCUT2D eigenvalue weighted by molar-refractivity contribution is -0.119. The van der Waals surface area contributed by atoms with Crippen LogP contribution in [0.25, 0.3) is 0 Å². The molecule has 0 unspecified atom stereocenters. The summed E-state index contributed by atoms with van der Waals surface area (Å²) in [5, 5.41) is 4.11. The first-order chi connectivity index (χ1) is 26.5. The molecule has 56 heavy (non-hydrogen) atoms. The molecule has 6 rings (SSSR count). The molecule has 4 amide bonds. The fourth-order valence-corrected chi connectivity index (χ4v) is 8.95. The quantitative estimate of drug-likeness (QED) is 0.255. The predicted octanol–water partition coefficient (Wildman–Crippen LogP) is 8.10. The van der Waals surface area contributed by atoms with Crippen molar-refractivity contribution in [2.24, 2.45) is 11.8 Å². The van der Waals surface area contributed by atoms with Gasteiger partial charge in [0.25, 0.3) is 0 Å². The lowest BCUT2D eigenvalue weighted by Gasteiger charge is -2.35. The Morgan fingerprint density at radius 3 is 1.34 bits per heavy atom. The summed E-state index contributed by atoms with van der Waals surface area (Å²) in [4.78, 5) is 63.3. The summed E-state index contributed by atoms with van der Waals surface area (Å²) < 4.78 is 10.8. The zero-order valence-corrected chi connectivity index (χ0v) is 35.3. The molecule has 4 aliphatic rings. The van der Waals surface area contributed by atoms with Crippen LogP contribution in [0.1, 0.15) is 117 Å². The molecular weight excluding hydrogens is 755 g/mol. The average molecular weight is 816 g/mol. The molecule has 308 valence electrons. The molecule has 4 heterocycles. The monoisotopic (exact) mass is 814 g/mol. The average Bonchev–Trinajstić information content (AvgIpc) is 3.79. The molecule has 0 radical (unpaired) electrons. The Labute approximate surface area is 342 Å². The van der Waals surface area contributed by atoms with Gasteiger partial charge in [0.1, 0.15) is 33.6 Å². The minimum absolute atomic E-state index is 0.165. The standard InChI is InChI=1S/2C21H30ClN3O3/c2*1-21(2,3)28-20(27)24-17(14-8-5-4-6-9-14)16(22)19(26)25-13-11-15-10-7-12-23-18(15)25/h2*7,10,12,14,16-17H,4-6,8-9,11,13H2,1-3H3,(H,24,27)/t2*16-,17+/m11/s1. The van der Waals surface area contributed by atoms with Crippen LogP contribution in [0.2, 0.25) is 0 Å². The number of carbonyl (C=O) groups is 4. The molecule has 0 saturated heterocycles. The van der Waals surface area contributed by atoms with Crippen LogP contribution in [-0.2, 0) is 31.9 Å². The predicted molar refractivity (Wildman–Crippen MR) is 219 cm³/mol. The molecule has 0 aromatic carbocycles. The Balaban J connectivity index is 0.000000214. The van der Waals surface area contributed by atoms with Crippen molar-refractivity contribution >= 4 is 58.8 Å². The fourth-order valence-electron chi connectivity index (χ4n) is 8.18. The van der Waals surface area contributed by atoms with E-state index in [-0.39, 0.29) is 23.7 Å². The fraction of sp³-hybridized carbons (Fsp3) is 0.667. The number of hydrogen-bond donors (Lipinski definition) is 2. The molecule has 2 aromatic heterocycles. The van der Waals surface area contributed by atoms with Crippen LogP contribution in [0.4, 0.5) is 21.2 Å². The van der Waals surface area contributed by atoms with Crippen molar-refractivity contribution in [2.45, 2.75) is 153 Å². The molecule has 14 heteroatoms. The maximum atomic E-state index is 13.2. The highest BCUT2D eigenvalue weighted by atomic mass is 35.5. The van der Waals surface area contributed by atoms with Crippen LogP contribution < -0.4 is 20.4 Å². The number of halogens is 2. The number of fused-ring (bicyclic) bond motifs is 2. The van der Waals surface area contributed by atoms with Crippen LogP contribution in [-0.4, -0.2) is 81.1 Å². The number of ether oxygens (including phenoxy) is 2. The van der Waals surface area contributed by atoms with E-state index in [1.807, 2.05) is 65.8 Å². The normalized spacial score (nSPS) is 19.6. The lowest BCUT2D eigenvalue weighted by atomic mass is 9.82. The number of anilines is 2. The van der Waals surface area contributed by atoms with Gasteiger partial charge in [0.15, 0.2) is 0 Å². The van der Waals surface area contributed by atoms with Crippen molar-refractivity contribution in [3.63, 3.8) is 0 Å². The van der Waals surface area contributed by atoms with Gasteiger partial charge in [0.05, 0.1) is 12.1 Å². The molecule has 0 spiro atoms.